The molecule has 1 aliphatic rings. The Balaban J connectivity index is 2.03. The van der Waals surface area contributed by atoms with Crippen LogP contribution >= 0.6 is 0 Å². The number of piperazine rings is 1. The van der Waals surface area contributed by atoms with Crippen LogP contribution in [-0.4, -0.2) is 47.4 Å². The third-order valence-electron chi connectivity index (χ3n) is 3.76. The van der Waals surface area contributed by atoms with Gasteiger partial charge in [0.2, 0.25) is 0 Å². The van der Waals surface area contributed by atoms with Gasteiger partial charge in [0.25, 0.3) is 5.91 Å². The maximum Gasteiger partial charge on any atom is 0.254 e. The van der Waals surface area contributed by atoms with Gasteiger partial charge in [-0.15, -0.1) is 0 Å². The highest BCUT2D eigenvalue weighted by Gasteiger charge is 2.28. The molecule has 0 bridgehead atoms. The van der Waals surface area contributed by atoms with E-state index in [0.29, 0.717) is 18.7 Å². The van der Waals surface area contributed by atoms with Crippen LogP contribution in [-0.2, 0) is 0 Å². The summed E-state index contributed by atoms with van der Waals surface area (Å²) in [6, 6.07) is 4.14. The summed E-state index contributed by atoms with van der Waals surface area (Å²) < 4.78 is 13.1. The first-order valence-corrected chi connectivity index (χ1v) is 6.88. The normalized spacial score (nSPS) is 17.3. The van der Waals surface area contributed by atoms with Crippen LogP contribution in [0.5, 0.6) is 0 Å². The summed E-state index contributed by atoms with van der Waals surface area (Å²) in [5.74, 6) is -0.565. The molecule has 2 rings (SSSR count). The molecule has 1 saturated heterocycles. The van der Waals surface area contributed by atoms with E-state index in [9.17, 15) is 9.18 Å². The molecule has 0 atom stereocenters. The third kappa shape index (κ3) is 3.10. The second-order valence-corrected chi connectivity index (χ2v) is 6.19. The van der Waals surface area contributed by atoms with Crippen molar-refractivity contribution < 1.29 is 9.18 Å². The number of hydrogen-bond acceptors (Lipinski definition) is 3. The molecule has 1 heterocycles. The molecule has 5 heteroatoms. The van der Waals surface area contributed by atoms with E-state index in [4.69, 9.17) is 5.73 Å². The molecule has 0 radical (unpaired) electrons. The van der Waals surface area contributed by atoms with Gasteiger partial charge in [-0.3, -0.25) is 9.69 Å². The average molecular weight is 279 g/mol. The van der Waals surface area contributed by atoms with Crippen molar-refractivity contribution in [3.05, 3.63) is 29.6 Å². The van der Waals surface area contributed by atoms with Crippen molar-refractivity contribution in [3.63, 3.8) is 0 Å². The molecule has 0 aliphatic carbocycles. The van der Waals surface area contributed by atoms with Gasteiger partial charge in [-0.25, -0.2) is 4.39 Å². The lowest BCUT2D eigenvalue weighted by Crippen LogP contribution is -2.54. The van der Waals surface area contributed by atoms with Gasteiger partial charge in [-0.05, 0) is 39.0 Å². The molecule has 4 nitrogen and oxygen atoms in total. The number of nitrogens with zero attached hydrogens (tertiary/aromatic N) is 2. The smallest absolute Gasteiger partial charge is 0.254 e. The van der Waals surface area contributed by atoms with E-state index in [2.05, 4.69) is 25.7 Å². The molecule has 0 aromatic heterocycles. The van der Waals surface area contributed by atoms with E-state index in [1.807, 2.05) is 0 Å². The highest BCUT2D eigenvalue weighted by molar-refractivity contribution is 5.95. The Morgan fingerprint density at radius 3 is 2.30 bits per heavy atom. The van der Waals surface area contributed by atoms with Crippen molar-refractivity contribution in [2.24, 2.45) is 0 Å². The molecule has 0 saturated carbocycles. The second kappa shape index (κ2) is 5.40. The number of carbonyl (C=O) groups excluding carboxylic acids is 1. The molecule has 1 aromatic rings. The number of anilines is 1. The van der Waals surface area contributed by atoms with Crippen molar-refractivity contribution in [1.29, 1.82) is 0 Å². The molecular weight excluding hydrogens is 257 g/mol. The monoisotopic (exact) mass is 279 g/mol. The molecule has 2 N–H and O–H groups in total. The number of halogens is 1. The minimum atomic E-state index is -0.487. The first-order valence-electron chi connectivity index (χ1n) is 6.88. The van der Waals surface area contributed by atoms with E-state index in [0.717, 1.165) is 13.1 Å². The van der Waals surface area contributed by atoms with E-state index in [-0.39, 0.29) is 17.1 Å². The Bertz CT molecular complexity index is 502. The second-order valence-electron chi connectivity index (χ2n) is 6.19. The number of nitrogen functional groups attached to an aromatic ring is 1. The maximum absolute atomic E-state index is 13.1. The molecule has 0 spiro atoms. The summed E-state index contributed by atoms with van der Waals surface area (Å²) >= 11 is 0. The zero-order chi connectivity index (χ0) is 14.9. The predicted octanol–water partition coefficient (Wildman–Crippen LogP) is 1.96. The van der Waals surface area contributed by atoms with Gasteiger partial charge in [-0.1, -0.05) is 0 Å². The minimum Gasteiger partial charge on any atom is -0.396 e. The maximum atomic E-state index is 13.1. The van der Waals surface area contributed by atoms with Crippen molar-refractivity contribution >= 4 is 11.6 Å². The average Bonchev–Trinajstić information content (AvgIpc) is 2.40. The fraction of sp³-hybridized carbons (Fsp3) is 0.533. The molecule has 1 aliphatic heterocycles. The summed E-state index contributed by atoms with van der Waals surface area (Å²) in [5, 5.41) is 0. The highest BCUT2D eigenvalue weighted by Crippen LogP contribution is 2.18. The van der Waals surface area contributed by atoms with Crippen molar-refractivity contribution in [3.8, 4) is 0 Å². The SMILES string of the molecule is CC(C)(C)N1CCN(C(=O)c2ccc(F)c(N)c2)CC1. The standard InChI is InChI=1S/C15H22FN3O/c1-15(2,3)19-8-6-18(7-9-19)14(20)11-4-5-12(16)13(17)10-11/h4-5,10H,6-9,17H2,1-3H3. The van der Waals surface area contributed by atoms with Gasteiger partial charge in [0, 0.05) is 37.3 Å². The van der Waals surface area contributed by atoms with Crippen LogP contribution < -0.4 is 5.73 Å². The van der Waals surface area contributed by atoms with Crippen LogP contribution in [0.3, 0.4) is 0 Å². The van der Waals surface area contributed by atoms with Crippen LogP contribution in [0.25, 0.3) is 0 Å². The lowest BCUT2D eigenvalue weighted by Gasteiger charge is -2.42. The van der Waals surface area contributed by atoms with Crippen LogP contribution in [0.2, 0.25) is 0 Å². The molecular formula is C15H22FN3O. The topological polar surface area (TPSA) is 49.6 Å². The van der Waals surface area contributed by atoms with Crippen LogP contribution in [0.1, 0.15) is 31.1 Å². The Kier molecular flexibility index (Phi) is 3.99. The van der Waals surface area contributed by atoms with Gasteiger partial charge in [0.05, 0.1) is 5.69 Å². The first kappa shape index (κ1) is 14.8. The fourth-order valence-corrected chi connectivity index (χ4v) is 2.44. The Morgan fingerprint density at radius 2 is 1.80 bits per heavy atom. The molecule has 20 heavy (non-hydrogen) atoms. The molecule has 0 unspecified atom stereocenters. The Labute approximate surface area is 119 Å². The van der Waals surface area contributed by atoms with Crippen molar-refractivity contribution in [2.45, 2.75) is 26.3 Å². The first-order chi connectivity index (χ1) is 9.29. The lowest BCUT2D eigenvalue weighted by molar-refractivity contribution is 0.0451. The van der Waals surface area contributed by atoms with Crippen LogP contribution in [0, 0.1) is 5.82 Å². The van der Waals surface area contributed by atoms with E-state index < -0.39 is 5.82 Å². The van der Waals surface area contributed by atoms with Crippen molar-refractivity contribution in [1.82, 2.24) is 9.80 Å². The molecule has 1 amide bonds. The van der Waals surface area contributed by atoms with Gasteiger partial charge >= 0.3 is 0 Å². The van der Waals surface area contributed by atoms with Gasteiger partial charge in [0.15, 0.2) is 0 Å². The summed E-state index contributed by atoms with van der Waals surface area (Å²) in [4.78, 5) is 16.5. The zero-order valence-electron chi connectivity index (χ0n) is 12.3. The summed E-state index contributed by atoms with van der Waals surface area (Å²) in [5.41, 5.74) is 6.10. The quantitative estimate of drug-likeness (QED) is 0.800. The fourth-order valence-electron chi connectivity index (χ4n) is 2.44. The Morgan fingerprint density at radius 1 is 1.20 bits per heavy atom. The lowest BCUT2D eigenvalue weighted by atomic mass is 10.0. The van der Waals surface area contributed by atoms with Crippen LogP contribution in [0.15, 0.2) is 18.2 Å². The summed E-state index contributed by atoms with van der Waals surface area (Å²) in [7, 11) is 0. The van der Waals surface area contributed by atoms with Crippen LogP contribution in [0.4, 0.5) is 10.1 Å². The number of rotatable bonds is 1. The number of benzene rings is 1. The zero-order valence-corrected chi connectivity index (χ0v) is 12.3. The molecule has 110 valence electrons. The summed E-state index contributed by atoms with van der Waals surface area (Å²) in [6.45, 7) is 9.60. The largest absolute Gasteiger partial charge is 0.396 e. The number of amides is 1. The number of hydrogen-bond donors (Lipinski definition) is 1. The van der Waals surface area contributed by atoms with Crippen molar-refractivity contribution in [2.75, 3.05) is 31.9 Å². The molecule has 1 fully saturated rings. The Hall–Kier alpha value is -1.62. The van der Waals surface area contributed by atoms with E-state index in [1.165, 1.54) is 18.2 Å². The highest BCUT2D eigenvalue weighted by atomic mass is 19.1. The summed E-state index contributed by atoms with van der Waals surface area (Å²) in [6.07, 6.45) is 0. The van der Waals surface area contributed by atoms with E-state index in [1.54, 1.807) is 4.90 Å². The number of carbonyl (C=O) groups is 1. The predicted molar refractivity (Wildman–Crippen MR) is 78.0 cm³/mol. The number of nitrogens with two attached hydrogens (primary N) is 1. The van der Waals surface area contributed by atoms with E-state index >= 15 is 0 Å². The third-order valence-corrected chi connectivity index (χ3v) is 3.76. The van der Waals surface area contributed by atoms with Gasteiger partial charge < -0.3 is 10.6 Å². The minimum absolute atomic E-state index is 0.0178. The van der Waals surface area contributed by atoms with Gasteiger partial charge in [0.1, 0.15) is 5.82 Å². The van der Waals surface area contributed by atoms with Gasteiger partial charge in [-0.2, -0.15) is 0 Å². The molecule has 1 aromatic carbocycles.